The summed E-state index contributed by atoms with van der Waals surface area (Å²) in [5, 5.41) is 0. The Hall–Kier alpha value is -0.463. The Morgan fingerprint density at radius 3 is 1.96 bits per heavy atom. The molecule has 0 N–H and O–H groups in total. The summed E-state index contributed by atoms with van der Waals surface area (Å²) in [6.07, 6.45) is -3.35. The van der Waals surface area contributed by atoms with Gasteiger partial charge in [-0.1, -0.05) is 57.5 Å². The molecular formula is C18H29BrF2O2Si. The fourth-order valence-electron chi connectivity index (χ4n) is 3.59. The van der Waals surface area contributed by atoms with E-state index in [1.807, 2.05) is 6.92 Å². The average molecular weight is 423 g/mol. The van der Waals surface area contributed by atoms with Crippen LogP contribution in [0.5, 0.6) is 5.75 Å². The number of rotatable bonds is 8. The van der Waals surface area contributed by atoms with Gasteiger partial charge in [0.2, 0.25) is 8.32 Å². The topological polar surface area (TPSA) is 18.5 Å². The lowest BCUT2D eigenvalue weighted by atomic mass is 10.2. The van der Waals surface area contributed by atoms with Crippen LogP contribution in [0.3, 0.4) is 0 Å². The smallest absolute Gasteiger partial charge is 0.420 e. The van der Waals surface area contributed by atoms with Crippen molar-refractivity contribution in [1.29, 1.82) is 0 Å². The Morgan fingerprint density at radius 2 is 1.54 bits per heavy atom. The minimum Gasteiger partial charge on any atom is -0.431 e. The molecule has 2 nitrogen and oxygen atoms in total. The predicted octanol–water partition coefficient (Wildman–Crippen LogP) is 6.92. The molecular weight excluding hydrogens is 394 g/mol. The van der Waals surface area contributed by atoms with Crippen LogP contribution in [-0.2, 0) is 4.43 Å². The van der Waals surface area contributed by atoms with Crippen molar-refractivity contribution in [2.45, 2.75) is 71.2 Å². The first-order chi connectivity index (χ1) is 10.9. The van der Waals surface area contributed by atoms with E-state index in [1.54, 1.807) is 12.1 Å². The molecule has 0 spiro atoms. The Morgan fingerprint density at radius 1 is 1.04 bits per heavy atom. The van der Waals surface area contributed by atoms with E-state index in [-0.39, 0.29) is 22.4 Å². The number of aryl methyl sites for hydroxylation is 1. The molecule has 0 bridgehead atoms. The van der Waals surface area contributed by atoms with Crippen molar-refractivity contribution in [3.05, 3.63) is 28.2 Å². The third kappa shape index (κ3) is 5.02. The van der Waals surface area contributed by atoms with Crippen LogP contribution in [0.25, 0.3) is 0 Å². The first-order valence-electron chi connectivity index (χ1n) is 8.39. The Kier molecular flexibility index (Phi) is 7.44. The summed E-state index contributed by atoms with van der Waals surface area (Å²) in [7, 11) is -2.34. The van der Waals surface area contributed by atoms with E-state index in [4.69, 9.17) is 9.16 Å². The Balaban J connectivity index is 2.90. The summed E-state index contributed by atoms with van der Waals surface area (Å²) in [6.45, 7) is 13.6. The molecule has 0 unspecified atom stereocenters. The maximum atomic E-state index is 14.3. The molecule has 6 heteroatoms. The van der Waals surface area contributed by atoms with Crippen molar-refractivity contribution in [1.82, 2.24) is 0 Å². The third-order valence-corrected chi connectivity index (χ3v) is 11.5. The summed E-state index contributed by atoms with van der Waals surface area (Å²) in [4.78, 5) is 0. The zero-order chi connectivity index (χ0) is 18.7. The Bertz CT molecular complexity index is 526. The zero-order valence-corrected chi connectivity index (χ0v) is 18.2. The van der Waals surface area contributed by atoms with Gasteiger partial charge in [0.15, 0.2) is 0 Å². The molecule has 0 radical (unpaired) electrons. The number of ether oxygens (including phenoxy) is 1. The van der Waals surface area contributed by atoms with Crippen LogP contribution in [0.15, 0.2) is 22.7 Å². The second kappa shape index (κ2) is 8.28. The van der Waals surface area contributed by atoms with Gasteiger partial charge in [0.05, 0.1) is 0 Å². The van der Waals surface area contributed by atoms with Crippen LogP contribution in [0.1, 0.15) is 47.1 Å². The van der Waals surface area contributed by atoms with E-state index in [9.17, 15) is 8.78 Å². The van der Waals surface area contributed by atoms with Gasteiger partial charge in [-0.05, 0) is 47.3 Å². The lowest BCUT2D eigenvalue weighted by molar-refractivity contribution is -0.198. The quantitative estimate of drug-likeness (QED) is 0.423. The van der Waals surface area contributed by atoms with Crippen molar-refractivity contribution in [2.75, 3.05) is 6.61 Å². The lowest BCUT2D eigenvalue weighted by Gasteiger charge is -2.42. The zero-order valence-electron chi connectivity index (χ0n) is 15.6. The van der Waals surface area contributed by atoms with Gasteiger partial charge >= 0.3 is 6.11 Å². The van der Waals surface area contributed by atoms with Gasteiger partial charge in [0.25, 0.3) is 0 Å². The standard InChI is InChI=1S/C18H29BrF2O2Si/c1-12(2)24(13(3)4,14(5)6)22-11-18(20,21)23-16-8-9-17(19)15(7)10-16/h8-10,12-14H,11H2,1-7H3. The molecule has 0 saturated heterocycles. The summed E-state index contributed by atoms with van der Waals surface area (Å²) < 4.78 is 40.4. The monoisotopic (exact) mass is 422 g/mol. The van der Waals surface area contributed by atoms with Gasteiger partial charge in [-0.3, -0.25) is 0 Å². The predicted molar refractivity (Wildman–Crippen MR) is 101 cm³/mol. The van der Waals surface area contributed by atoms with Gasteiger partial charge in [-0.2, -0.15) is 8.78 Å². The SMILES string of the molecule is Cc1cc(OC(F)(F)CO[Si](C(C)C)(C(C)C)C(C)C)ccc1Br. The van der Waals surface area contributed by atoms with Gasteiger partial charge in [-0.25, -0.2) is 0 Å². The minimum absolute atomic E-state index is 0.148. The maximum absolute atomic E-state index is 14.3. The fraction of sp³-hybridized carbons (Fsp3) is 0.667. The second-order valence-electron chi connectivity index (χ2n) is 7.26. The van der Waals surface area contributed by atoms with Crippen LogP contribution in [0, 0.1) is 6.92 Å². The molecule has 1 aromatic carbocycles. The van der Waals surface area contributed by atoms with Crippen molar-refractivity contribution in [2.24, 2.45) is 0 Å². The Labute approximate surface area is 154 Å². The summed E-state index contributed by atoms with van der Waals surface area (Å²) in [5.41, 5.74) is 1.61. The number of benzene rings is 1. The van der Waals surface area contributed by atoms with Crippen molar-refractivity contribution < 1.29 is 17.9 Å². The van der Waals surface area contributed by atoms with E-state index in [0.717, 1.165) is 10.0 Å². The highest BCUT2D eigenvalue weighted by Gasteiger charge is 2.47. The number of alkyl halides is 2. The van der Waals surface area contributed by atoms with Crippen LogP contribution in [0.2, 0.25) is 16.6 Å². The molecule has 0 fully saturated rings. The molecule has 0 heterocycles. The molecule has 1 aromatic rings. The molecule has 0 aliphatic carbocycles. The molecule has 0 amide bonds. The largest absolute Gasteiger partial charge is 0.431 e. The van der Waals surface area contributed by atoms with E-state index in [2.05, 4.69) is 57.5 Å². The second-order valence-corrected chi connectivity index (χ2v) is 13.6. The lowest BCUT2D eigenvalue weighted by Crippen LogP contribution is -2.50. The summed E-state index contributed by atoms with van der Waals surface area (Å²) in [5.74, 6) is 0.148. The van der Waals surface area contributed by atoms with E-state index < -0.39 is 21.0 Å². The summed E-state index contributed by atoms with van der Waals surface area (Å²) in [6, 6.07) is 4.83. The molecule has 24 heavy (non-hydrogen) atoms. The van der Waals surface area contributed by atoms with Crippen LogP contribution in [-0.4, -0.2) is 21.0 Å². The van der Waals surface area contributed by atoms with Gasteiger partial charge in [-0.15, -0.1) is 0 Å². The fourth-order valence-corrected chi connectivity index (χ4v) is 9.26. The molecule has 0 aromatic heterocycles. The van der Waals surface area contributed by atoms with E-state index >= 15 is 0 Å². The van der Waals surface area contributed by atoms with Crippen molar-refractivity contribution >= 4 is 24.2 Å². The average Bonchev–Trinajstić information content (AvgIpc) is 2.42. The molecule has 0 aliphatic heterocycles. The highest BCUT2D eigenvalue weighted by Crippen LogP contribution is 2.43. The first-order valence-corrected chi connectivity index (χ1v) is 11.3. The van der Waals surface area contributed by atoms with Crippen molar-refractivity contribution in [3.63, 3.8) is 0 Å². The molecule has 0 aliphatic rings. The minimum atomic E-state index is -3.35. The van der Waals surface area contributed by atoms with Crippen LogP contribution < -0.4 is 4.74 Å². The third-order valence-electron chi connectivity index (χ3n) is 4.59. The first kappa shape index (κ1) is 21.6. The highest BCUT2D eigenvalue weighted by atomic mass is 79.9. The molecule has 138 valence electrons. The van der Waals surface area contributed by atoms with Crippen LogP contribution in [0.4, 0.5) is 8.78 Å². The maximum Gasteiger partial charge on any atom is 0.420 e. The van der Waals surface area contributed by atoms with Crippen LogP contribution >= 0.6 is 15.9 Å². The number of hydrogen-bond donors (Lipinski definition) is 0. The van der Waals surface area contributed by atoms with Gasteiger partial charge < -0.3 is 9.16 Å². The van der Waals surface area contributed by atoms with E-state index in [0.29, 0.717) is 0 Å². The van der Waals surface area contributed by atoms with Gasteiger partial charge in [0, 0.05) is 4.47 Å². The van der Waals surface area contributed by atoms with Crippen molar-refractivity contribution in [3.8, 4) is 5.75 Å². The highest BCUT2D eigenvalue weighted by molar-refractivity contribution is 9.10. The molecule has 1 rings (SSSR count). The van der Waals surface area contributed by atoms with E-state index in [1.165, 1.54) is 6.07 Å². The number of hydrogen-bond acceptors (Lipinski definition) is 2. The molecule has 0 saturated carbocycles. The molecule has 0 atom stereocenters. The number of halogens is 3. The van der Waals surface area contributed by atoms with Gasteiger partial charge in [0.1, 0.15) is 12.4 Å². The normalized spacial score (nSPS) is 13.2. The summed E-state index contributed by atoms with van der Waals surface area (Å²) >= 11 is 3.35.